The number of benzene rings is 1. The number of halogens is 3. The molecule has 0 saturated heterocycles. The molecule has 1 aromatic carbocycles. The molecular formula is C17H18F3N3O3S. The van der Waals surface area contributed by atoms with Crippen LogP contribution in [-0.2, 0) is 16.0 Å². The molecule has 0 saturated carbocycles. The van der Waals surface area contributed by atoms with Crippen molar-refractivity contribution in [2.24, 2.45) is 0 Å². The lowest BCUT2D eigenvalue weighted by atomic mass is 10.2. The summed E-state index contributed by atoms with van der Waals surface area (Å²) in [6.45, 7) is 0.742. The van der Waals surface area contributed by atoms with Crippen molar-refractivity contribution >= 4 is 21.6 Å². The number of carbonyl (C=O) groups is 1. The Morgan fingerprint density at radius 3 is 2.26 bits per heavy atom. The highest BCUT2D eigenvalue weighted by molar-refractivity contribution is 7.90. The lowest BCUT2D eigenvalue weighted by molar-refractivity contribution is -0.137. The Bertz CT molecular complexity index is 880. The number of hydrogen-bond donors (Lipinski definition) is 2. The zero-order valence-electron chi connectivity index (χ0n) is 14.4. The van der Waals surface area contributed by atoms with Crippen LogP contribution in [0.5, 0.6) is 0 Å². The Morgan fingerprint density at radius 2 is 1.74 bits per heavy atom. The van der Waals surface area contributed by atoms with Gasteiger partial charge in [0, 0.05) is 31.1 Å². The zero-order valence-corrected chi connectivity index (χ0v) is 15.2. The molecule has 2 N–H and O–H groups in total. The van der Waals surface area contributed by atoms with Gasteiger partial charge in [-0.1, -0.05) is 0 Å². The standard InChI is InChI=1S/C17H18F3N3O3S/c1-27(25,26)14-6-3-12(4-7-14)16(24)22-10-2-9-21-15-8-5-13(11-23-15)17(18,19)20/h3-8,11H,2,9-10H2,1H3,(H,21,23)(H,22,24). The fourth-order valence-corrected chi connectivity index (χ4v) is 2.76. The highest BCUT2D eigenvalue weighted by Crippen LogP contribution is 2.28. The van der Waals surface area contributed by atoms with E-state index in [-0.39, 0.29) is 10.8 Å². The van der Waals surface area contributed by atoms with Crippen LogP contribution < -0.4 is 10.6 Å². The summed E-state index contributed by atoms with van der Waals surface area (Å²) in [5.41, 5.74) is -0.484. The minimum atomic E-state index is -4.42. The van der Waals surface area contributed by atoms with Crippen molar-refractivity contribution < 1.29 is 26.4 Å². The van der Waals surface area contributed by atoms with E-state index < -0.39 is 21.6 Å². The molecular weight excluding hydrogens is 383 g/mol. The van der Waals surface area contributed by atoms with Gasteiger partial charge in [-0.25, -0.2) is 13.4 Å². The van der Waals surface area contributed by atoms with E-state index in [1.54, 1.807) is 0 Å². The normalized spacial score (nSPS) is 11.9. The Labute approximate surface area is 154 Å². The number of anilines is 1. The second-order valence-electron chi connectivity index (χ2n) is 5.76. The van der Waals surface area contributed by atoms with Gasteiger partial charge in [-0.05, 0) is 42.8 Å². The maximum atomic E-state index is 12.4. The number of sulfone groups is 1. The summed E-state index contributed by atoms with van der Waals surface area (Å²) < 4.78 is 60.1. The van der Waals surface area contributed by atoms with E-state index in [9.17, 15) is 26.4 Å². The van der Waals surface area contributed by atoms with E-state index in [1.165, 1.54) is 30.3 Å². The van der Waals surface area contributed by atoms with Crippen molar-refractivity contribution in [3.05, 3.63) is 53.7 Å². The first-order chi connectivity index (χ1) is 12.6. The number of nitrogens with one attached hydrogen (secondary N) is 2. The molecule has 0 spiro atoms. The van der Waals surface area contributed by atoms with E-state index in [0.29, 0.717) is 30.9 Å². The predicted molar refractivity (Wildman–Crippen MR) is 94.2 cm³/mol. The van der Waals surface area contributed by atoms with Gasteiger partial charge in [-0.2, -0.15) is 13.2 Å². The lowest BCUT2D eigenvalue weighted by Crippen LogP contribution is -2.25. The monoisotopic (exact) mass is 401 g/mol. The largest absolute Gasteiger partial charge is 0.417 e. The molecule has 10 heteroatoms. The van der Waals surface area contributed by atoms with E-state index >= 15 is 0 Å². The maximum Gasteiger partial charge on any atom is 0.417 e. The van der Waals surface area contributed by atoms with Crippen LogP contribution in [0.15, 0.2) is 47.5 Å². The molecule has 0 atom stereocenters. The fraction of sp³-hybridized carbons (Fsp3) is 0.294. The third-order valence-corrected chi connectivity index (χ3v) is 4.71. The number of nitrogens with zero attached hydrogens (tertiary/aromatic N) is 1. The fourth-order valence-electron chi connectivity index (χ4n) is 2.13. The summed E-state index contributed by atoms with van der Waals surface area (Å²) in [6, 6.07) is 7.76. The molecule has 0 aliphatic rings. The minimum absolute atomic E-state index is 0.132. The van der Waals surface area contributed by atoms with E-state index in [0.717, 1.165) is 18.5 Å². The van der Waals surface area contributed by atoms with Gasteiger partial charge in [-0.3, -0.25) is 4.79 Å². The number of pyridine rings is 1. The van der Waals surface area contributed by atoms with Gasteiger partial charge in [0.2, 0.25) is 0 Å². The highest BCUT2D eigenvalue weighted by atomic mass is 32.2. The molecule has 0 fully saturated rings. The summed E-state index contributed by atoms with van der Waals surface area (Å²) in [4.78, 5) is 15.8. The molecule has 0 aliphatic heterocycles. The number of aromatic nitrogens is 1. The van der Waals surface area contributed by atoms with Gasteiger partial charge in [0.05, 0.1) is 10.5 Å². The molecule has 0 bridgehead atoms. The Balaban J connectivity index is 1.74. The predicted octanol–water partition coefficient (Wildman–Crippen LogP) is 2.74. The van der Waals surface area contributed by atoms with Gasteiger partial charge in [0.15, 0.2) is 9.84 Å². The number of hydrogen-bond acceptors (Lipinski definition) is 5. The van der Waals surface area contributed by atoms with Crippen molar-refractivity contribution in [3.63, 3.8) is 0 Å². The van der Waals surface area contributed by atoms with Crippen LogP contribution in [0.2, 0.25) is 0 Å². The molecule has 0 unspecified atom stereocenters. The summed E-state index contributed by atoms with van der Waals surface area (Å²) in [5, 5.41) is 5.54. The van der Waals surface area contributed by atoms with Gasteiger partial charge >= 0.3 is 6.18 Å². The summed E-state index contributed by atoms with van der Waals surface area (Å²) in [6.07, 6.45) is -2.06. The Kier molecular flexibility index (Phi) is 6.42. The number of amides is 1. The summed E-state index contributed by atoms with van der Waals surface area (Å²) in [5.74, 6) is -0.0339. The van der Waals surface area contributed by atoms with Crippen molar-refractivity contribution in [2.75, 3.05) is 24.7 Å². The molecule has 146 valence electrons. The van der Waals surface area contributed by atoms with Crippen molar-refractivity contribution in [3.8, 4) is 0 Å². The minimum Gasteiger partial charge on any atom is -0.370 e. The van der Waals surface area contributed by atoms with Crippen LogP contribution in [0.25, 0.3) is 0 Å². The quantitative estimate of drug-likeness (QED) is 0.697. The molecule has 2 rings (SSSR count). The molecule has 1 heterocycles. The van der Waals surface area contributed by atoms with Crippen molar-refractivity contribution in [1.82, 2.24) is 10.3 Å². The molecule has 2 aromatic rings. The highest BCUT2D eigenvalue weighted by Gasteiger charge is 2.30. The first kappa shape index (κ1) is 20.7. The first-order valence-electron chi connectivity index (χ1n) is 7.93. The van der Waals surface area contributed by atoms with Crippen LogP contribution in [0.1, 0.15) is 22.3 Å². The second-order valence-corrected chi connectivity index (χ2v) is 7.78. The zero-order chi connectivity index (χ0) is 20.1. The van der Waals surface area contributed by atoms with Crippen LogP contribution in [-0.4, -0.2) is 38.7 Å². The van der Waals surface area contributed by atoms with Crippen LogP contribution in [0.3, 0.4) is 0 Å². The Morgan fingerprint density at radius 1 is 1.07 bits per heavy atom. The molecule has 0 radical (unpaired) electrons. The Hall–Kier alpha value is -2.62. The van der Waals surface area contributed by atoms with Crippen LogP contribution >= 0.6 is 0 Å². The summed E-state index contributed by atoms with van der Waals surface area (Å²) in [7, 11) is -3.32. The number of rotatable bonds is 7. The molecule has 6 nitrogen and oxygen atoms in total. The number of carbonyl (C=O) groups excluding carboxylic acids is 1. The number of alkyl halides is 3. The van der Waals surface area contributed by atoms with Gasteiger partial charge in [0.25, 0.3) is 5.91 Å². The van der Waals surface area contributed by atoms with E-state index in [2.05, 4.69) is 15.6 Å². The average Bonchev–Trinajstić information content (AvgIpc) is 2.60. The first-order valence-corrected chi connectivity index (χ1v) is 9.82. The maximum absolute atomic E-state index is 12.4. The van der Waals surface area contributed by atoms with E-state index in [1.807, 2.05) is 0 Å². The lowest BCUT2D eigenvalue weighted by Gasteiger charge is -2.09. The second kappa shape index (κ2) is 8.38. The SMILES string of the molecule is CS(=O)(=O)c1ccc(C(=O)NCCCNc2ccc(C(F)(F)F)cn2)cc1. The topological polar surface area (TPSA) is 88.2 Å². The van der Waals surface area contributed by atoms with Gasteiger partial charge < -0.3 is 10.6 Å². The molecule has 27 heavy (non-hydrogen) atoms. The van der Waals surface area contributed by atoms with E-state index in [4.69, 9.17) is 0 Å². The molecule has 0 aliphatic carbocycles. The van der Waals surface area contributed by atoms with Crippen molar-refractivity contribution in [1.29, 1.82) is 0 Å². The van der Waals surface area contributed by atoms with Crippen LogP contribution in [0, 0.1) is 0 Å². The van der Waals surface area contributed by atoms with Gasteiger partial charge in [0.1, 0.15) is 5.82 Å². The summed E-state index contributed by atoms with van der Waals surface area (Å²) >= 11 is 0. The smallest absolute Gasteiger partial charge is 0.370 e. The van der Waals surface area contributed by atoms with Gasteiger partial charge in [-0.15, -0.1) is 0 Å². The molecule has 1 aromatic heterocycles. The third kappa shape index (κ3) is 6.24. The molecule has 1 amide bonds. The average molecular weight is 401 g/mol. The third-order valence-electron chi connectivity index (χ3n) is 3.58. The van der Waals surface area contributed by atoms with Crippen LogP contribution in [0.4, 0.5) is 19.0 Å². The van der Waals surface area contributed by atoms with Crippen molar-refractivity contribution in [2.45, 2.75) is 17.5 Å².